The number of benzene rings is 1. The third-order valence-electron chi connectivity index (χ3n) is 2.08. The molecule has 0 unspecified atom stereocenters. The number of aldehydes is 1. The van der Waals surface area contributed by atoms with Gasteiger partial charge in [0.25, 0.3) is 5.69 Å². The number of nitrogens with zero attached hydrogens (tertiary/aromatic N) is 2. The molecule has 0 aromatic heterocycles. The number of hydrogen-bond donors (Lipinski definition) is 1. The molecule has 0 saturated carbocycles. The van der Waals surface area contributed by atoms with E-state index in [1.807, 2.05) is 0 Å². The monoisotopic (exact) mass is 234 g/mol. The summed E-state index contributed by atoms with van der Waals surface area (Å²) in [7, 11) is 0. The second kappa shape index (κ2) is 4.85. The van der Waals surface area contributed by atoms with Gasteiger partial charge < -0.3 is 5.11 Å². The maximum Gasteiger partial charge on any atom is 0.308 e. The molecular weight excluding hydrogens is 228 g/mol. The lowest BCUT2D eigenvalue weighted by Gasteiger charge is -2.04. The van der Waals surface area contributed by atoms with Crippen molar-refractivity contribution >= 4 is 17.9 Å². The van der Waals surface area contributed by atoms with Crippen LogP contribution in [0.4, 0.5) is 5.69 Å². The summed E-state index contributed by atoms with van der Waals surface area (Å²) in [4.78, 5) is 31.1. The zero-order valence-electron chi connectivity index (χ0n) is 8.41. The van der Waals surface area contributed by atoms with Crippen LogP contribution in [0, 0.1) is 21.4 Å². The first-order chi connectivity index (χ1) is 8.01. The summed E-state index contributed by atoms with van der Waals surface area (Å²) in [6.45, 7) is 0. The van der Waals surface area contributed by atoms with E-state index >= 15 is 0 Å². The van der Waals surface area contributed by atoms with Crippen LogP contribution >= 0.6 is 0 Å². The van der Waals surface area contributed by atoms with Gasteiger partial charge in [-0.05, 0) is 6.07 Å². The normalized spacial score (nSPS) is 9.35. The number of carboxylic acids is 1. The van der Waals surface area contributed by atoms with Gasteiger partial charge in [-0.1, -0.05) is 0 Å². The Morgan fingerprint density at radius 2 is 2.24 bits per heavy atom. The summed E-state index contributed by atoms with van der Waals surface area (Å²) < 4.78 is 0. The highest BCUT2D eigenvalue weighted by molar-refractivity contribution is 5.83. The number of rotatable bonds is 4. The van der Waals surface area contributed by atoms with Gasteiger partial charge in [0.05, 0.1) is 22.5 Å². The zero-order chi connectivity index (χ0) is 13.0. The van der Waals surface area contributed by atoms with Gasteiger partial charge in [-0.15, -0.1) is 0 Å². The third kappa shape index (κ3) is 2.43. The minimum atomic E-state index is -1.31. The van der Waals surface area contributed by atoms with Crippen LogP contribution in [-0.2, 0) is 11.2 Å². The molecule has 17 heavy (non-hydrogen) atoms. The molecular formula is C10H6N2O5. The van der Waals surface area contributed by atoms with Gasteiger partial charge in [0.1, 0.15) is 6.07 Å². The first kappa shape index (κ1) is 12.3. The van der Waals surface area contributed by atoms with Crippen molar-refractivity contribution in [1.29, 1.82) is 5.26 Å². The summed E-state index contributed by atoms with van der Waals surface area (Å²) in [5.41, 5.74) is -1.06. The predicted molar refractivity (Wildman–Crippen MR) is 54.5 cm³/mol. The summed E-state index contributed by atoms with van der Waals surface area (Å²) in [6.07, 6.45) is -0.325. The Morgan fingerprint density at radius 3 is 2.65 bits per heavy atom. The highest BCUT2D eigenvalue weighted by Crippen LogP contribution is 2.25. The van der Waals surface area contributed by atoms with Crippen molar-refractivity contribution in [2.45, 2.75) is 6.42 Å². The average Bonchev–Trinajstić information content (AvgIpc) is 2.27. The van der Waals surface area contributed by atoms with Crippen molar-refractivity contribution in [1.82, 2.24) is 0 Å². The van der Waals surface area contributed by atoms with Crippen molar-refractivity contribution in [2.24, 2.45) is 0 Å². The highest BCUT2D eigenvalue weighted by Gasteiger charge is 2.22. The van der Waals surface area contributed by atoms with Gasteiger partial charge in [-0.3, -0.25) is 19.7 Å². The van der Waals surface area contributed by atoms with E-state index in [-0.39, 0.29) is 16.7 Å². The van der Waals surface area contributed by atoms with Crippen molar-refractivity contribution in [3.05, 3.63) is 38.9 Å². The van der Waals surface area contributed by atoms with Gasteiger partial charge in [0, 0.05) is 11.6 Å². The molecule has 0 spiro atoms. The fraction of sp³-hybridized carbons (Fsp3) is 0.100. The minimum absolute atomic E-state index is 0.0608. The topological polar surface area (TPSA) is 121 Å². The molecule has 0 bridgehead atoms. The van der Waals surface area contributed by atoms with E-state index < -0.39 is 23.0 Å². The Bertz CT molecular complexity index is 544. The van der Waals surface area contributed by atoms with Crippen LogP contribution < -0.4 is 0 Å². The van der Waals surface area contributed by atoms with Crippen LogP contribution in [0.3, 0.4) is 0 Å². The molecule has 0 aliphatic heterocycles. The Hall–Kier alpha value is -2.75. The van der Waals surface area contributed by atoms with Gasteiger partial charge in [0.2, 0.25) is 0 Å². The van der Waals surface area contributed by atoms with Gasteiger partial charge in [-0.2, -0.15) is 5.26 Å². The molecule has 1 N–H and O–H groups in total. The summed E-state index contributed by atoms with van der Waals surface area (Å²) >= 11 is 0. The molecule has 0 fully saturated rings. The molecule has 86 valence electrons. The Labute approximate surface area is 95.1 Å². The molecule has 0 aliphatic carbocycles. The molecule has 1 rings (SSSR count). The van der Waals surface area contributed by atoms with E-state index in [0.29, 0.717) is 6.29 Å². The van der Waals surface area contributed by atoms with E-state index in [2.05, 4.69) is 0 Å². The van der Waals surface area contributed by atoms with E-state index in [9.17, 15) is 19.7 Å². The maximum atomic E-state index is 10.7. The van der Waals surface area contributed by atoms with E-state index in [0.717, 1.165) is 12.1 Å². The number of nitro groups is 1. The van der Waals surface area contributed by atoms with E-state index in [1.54, 1.807) is 6.07 Å². The first-order valence-electron chi connectivity index (χ1n) is 4.38. The Morgan fingerprint density at radius 1 is 1.59 bits per heavy atom. The van der Waals surface area contributed by atoms with Crippen LogP contribution in [0.5, 0.6) is 0 Å². The maximum absolute atomic E-state index is 10.7. The second-order valence-corrected chi connectivity index (χ2v) is 3.08. The van der Waals surface area contributed by atoms with Crippen molar-refractivity contribution in [3.63, 3.8) is 0 Å². The smallest absolute Gasteiger partial charge is 0.308 e. The van der Waals surface area contributed by atoms with E-state index in [4.69, 9.17) is 10.4 Å². The number of hydrogen-bond acceptors (Lipinski definition) is 5. The molecule has 0 atom stereocenters. The number of carbonyl (C=O) groups is 2. The number of nitriles is 1. The van der Waals surface area contributed by atoms with Gasteiger partial charge in [0.15, 0.2) is 6.29 Å². The standard InChI is InChI=1S/C10H6N2O5/c11-4-8-6(5-13)1-2-9(12(16)17)7(8)3-10(14)15/h1-2,5H,3H2,(H,14,15). The van der Waals surface area contributed by atoms with Crippen molar-refractivity contribution in [3.8, 4) is 6.07 Å². The Balaban J connectivity index is 3.56. The van der Waals surface area contributed by atoms with Gasteiger partial charge in [-0.25, -0.2) is 0 Å². The molecule has 0 aliphatic rings. The number of aliphatic carboxylic acids is 1. The summed E-state index contributed by atoms with van der Waals surface area (Å²) in [5.74, 6) is -1.31. The van der Waals surface area contributed by atoms with Crippen LogP contribution in [0.25, 0.3) is 0 Å². The molecule has 1 aromatic carbocycles. The minimum Gasteiger partial charge on any atom is -0.481 e. The Kier molecular flexibility index (Phi) is 3.51. The lowest BCUT2D eigenvalue weighted by molar-refractivity contribution is -0.385. The van der Waals surface area contributed by atoms with E-state index in [1.165, 1.54) is 0 Å². The second-order valence-electron chi connectivity index (χ2n) is 3.08. The molecule has 7 heteroatoms. The number of carbonyl (C=O) groups excluding carboxylic acids is 1. The molecule has 7 nitrogen and oxygen atoms in total. The largest absolute Gasteiger partial charge is 0.481 e. The molecule has 0 heterocycles. The quantitative estimate of drug-likeness (QED) is 0.469. The fourth-order valence-corrected chi connectivity index (χ4v) is 1.39. The van der Waals surface area contributed by atoms with Crippen LogP contribution in [0.1, 0.15) is 21.5 Å². The lowest BCUT2D eigenvalue weighted by Crippen LogP contribution is -2.08. The van der Waals surface area contributed by atoms with Crippen LogP contribution in [0.15, 0.2) is 12.1 Å². The van der Waals surface area contributed by atoms with Crippen molar-refractivity contribution < 1.29 is 19.6 Å². The molecule has 0 amide bonds. The van der Waals surface area contributed by atoms with Crippen LogP contribution in [-0.4, -0.2) is 22.3 Å². The van der Waals surface area contributed by atoms with Gasteiger partial charge >= 0.3 is 5.97 Å². The molecule has 1 aromatic rings. The molecule has 0 saturated heterocycles. The molecule has 0 radical (unpaired) electrons. The predicted octanol–water partition coefficient (Wildman–Crippen LogP) is 0.906. The first-order valence-corrected chi connectivity index (χ1v) is 4.38. The number of carboxylic acid groups (broad SMARTS) is 1. The summed E-state index contributed by atoms with van der Waals surface area (Å²) in [6, 6.07) is 3.75. The highest BCUT2D eigenvalue weighted by atomic mass is 16.6. The lowest BCUT2D eigenvalue weighted by atomic mass is 9.98. The van der Waals surface area contributed by atoms with Crippen LogP contribution in [0.2, 0.25) is 0 Å². The van der Waals surface area contributed by atoms with Crippen molar-refractivity contribution in [2.75, 3.05) is 0 Å². The fourth-order valence-electron chi connectivity index (χ4n) is 1.39. The third-order valence-corrected chi connectivity index (χ3v) is 2.08. The summed E-state index contributed by atoms with van der Waals surface area (Å²) in [5, 5.41) is 28.1. The average molecular weight is 234 g/mol. The zero-order valence-corrected chi connectivity index (χ0v) is 8.41. The number of nitro benzene ring substituents is 1. The SMILES string of the molecule is N#Cc1c(C=O)ccc([N+](=O)[O-])c1CC(=O)O.